The van der Waals surface area contributed by atoms with Gasteiger partial charge in [0.25, 0.3) is 11.7 Å². The smallest absolute Gasteiger partial charge is 0.370 e. The summed E-state index contributed by atoms with van der Waals surface area (Å²) in [7, 11) is 0. The normalized spacial score (nSPS) is 12.7. The number of hydrogen-bond acceptors (Lipinski definition) is 4. The van der Waals surface area contributed by atoms with Gasteiger partial charge in [-0.25, -0.2) is 4.68 Å². The second-order valence-corrected chi connectivity index (χ2v) is 6.13. The molecule has 1 atom stereocenters. The lowest BCUT2D eigenvalue weighted by atomic mass is 10.1. The van der Waals surface area contributed by atoms with Crippen molar-refractivity contribution in [2.24, 2.45) is 0 Å². The number of nitrogens with zero attached hydrogens (tertiary/aromatic N) is 2. The Morgan fingerprint density at radius 3 is 2.44 bits per heavy atom. The van der Waals surface area contributed by atoms with E-state index in [9.17, 15) is 22.8 Å². The molecular weight excluding hydrogens is 363 g/mol. The van der Waals surface area contributed by atoms with Gasteiger partial charge in [-0.15, -0.1) is 0 Å². The summed E-state index contributed by atoms with van der Waals surface area (Å²) in [4.78, 5) is 24.7. The first-order chi connectivity index (χ1) is 12.6. The number of para-hydroxylation sites is 1. The fourth-order valence-corrected chi connectivity index (χ4v) is 2.59. The quantitative estimate of drug-likeness (QED) is 0.589. The molecule has 1 heterocycles. The third kappa shape index (κ3) is 5.40. The maximum Gasteiger partial charge on any atom is 0.411 e. The molecule has 0 aliphatic rings. The zero-order chi connectivity index (χ0) is 20.2. The summed E-state index contributed by atoms with van der Waals surface area (Å²) in [5.74, 6) is -1.72. The van der Waals surface area contributed by atoms with Crippen molar-refractivity contribution in [2.75, 3.05) is 13.2 Å². The van der Waals surface area contributed by atoms with Gasteiger partial charge in [0, 0.05) is 6.04 Å². The van der Waals surface area contributed by atoms with E-state index in [1.807, 2.05) is 30.3 Å². The molecule has 146 valence electrons. The van der Waals surface area contributed by atoms with Gasteiger partial charge in [-0.05, 0) is 32.9 Å². The van der Waals surface area contributed by atoms with E-state index in [0.717, 1.165) is 5.69 Å². The SMILES string of the molecule is Cc1nn(-c2ccccc2)c(C)c1C(=O)C(=O)NC(C)COCC(F)(F)F. The first-order valence-electron chi connectivity index (χ1n) is 8.21. The number of rotatable bonds is 7. The van der Waals surface area contributed by atoms with Crippen LogP contribution in [0.15, 0.2) is 30.3 Å². The number of aryl methyl sites for hydroxylation is 1. The predicted molar refractivity (Wildman–Crippen MR) is 91.8 cm³/mol. The number of carbonyl (C=O) groups is 2. The Balaban J connectivity index is 2.07. The average Bonchev–Trinajstić information content (AvgIpc) is 2.88. The topological polar surface area (TPSA) is 73.2 Å². The second kappa shape index (κ2) is 8.34. The van der Waals surface area contributed by atoms with Gasteiger partial charge in [0.15, 0.2) is 0 Å². The Bertz CT molecular complexity index is 816. The molecule has 1 aromatic heterocycles. The van der Waals surface area contributed by atoms with Gasteiger partial charge in [0.05, 0.1) is 29.2 Å². The Morgan fingerprint density at radius 1 is 1.22 bits per heavy atom. The van der Waals surface area contributed by atoms with Crippen LogP contribution in [0, 0.1) is 13.8 Å². The summed E-state index contributed by atoms with van der Waals surface area (Å²) in [5, 5.41) is 6.66. The van der Waals surface area contributed by atoms with Crippen molar-refractivity contribution >= 4 is 11.7 Å². The molecular formula is C18H20F3N3O3. The fourth-order valence-electron chi connectivity index (χ4n) is 2.59. The average molecular weight is 383 g/mol. The number of ether oxygens (including phenoxy) is 1. The first-order valence-corrected chi connectivity index (χ1v) is 8.21. The van der Waals surface area contributed by atoms with E-state index in [1.54, 1.807) is 18.5 Å². The van der Waals surface area contributed by atoms with E-state index >= 15 is 0 Å². The van der Waals surface area contributed by atoms with Gasteiger partial charge in [-0.1, -0.05) is 18.2 Å². The molecule has 0 aliphatic heterocycles. The van der Waals surface area contributed by atoms with E-state index in [4.69, 9.17) is 0 Å². The summed E-state index contributed by atoms with van der Waals surface area (Å²) in [6.07, 6.45) is -4.44. The molecule has 6 nitrogen and oxygen atoms in total. The van der Waals surface area contributed by atoms with E-state index < -0.39 is 30.5 Å². The van der Waals surface area contributed by atoms with Crippen molar-refractivity contribution in [3.8, 4) is 5.69 Å². The Morgan fingerprint density at radius 2 is 1.85 bits per heavy atom. The lowest BCUT2D eigenvalue weighted by Gasteiger charge is -2.14. The second-order valence-electron chi connectivity index (χ2n) is 6.13. The number of ketones is 1. The number of aromatic nitrogens is 2. The molecule has 0 aliphatic carbocycles. The predicted octanol–water partition coefficient (Wildman–Crippen LogP) is 2.76. The minimum Gasteiger partial charge on any atom is -0.370 e. The van der Waals surface area contributed by atoms with Gasteiger partial charge in [-0.3, -0.25) is 9.59 Å². The number of halogens is 3. The monoisotopic (exact) mass is 383 g/mol. The Hall–Kier alpha value is -2.68. The molecule has 1 aromatic carbocycles. The van der Waals surface area contributed by atoms with Crippen LogP contribution >= 0.6 is 0 Å². The van der Waals surface area contributed by atoms with Crippen LogP contribution in [0.1, 0.15) is 28.7 Å². The van der Waals surface area contributed by atoms with Crippen molar-refractivity contribution in [1.29, 1.82) is 0 Å². The van der Waals surface area contributed by atoms with Crippen molar-refractivity contribution in [2.45, 2.75) is 33.0 Å². The Kier molecular flexibility index (Phi) is 6.37. The van der Waals surface area contributed by atoms with Gasteiger partial charge in [-0.2, -0.15) is 18.3 Å². The molecule has 0 bridgehead atoms. The van der Waals surface area contributed by atoms with Gasteiger partial charge >= 0.3 is 6.18 Å². The van der Waals surface area contributed by atoms with Crippen LogP contribution in [0.4, 0.5) is 13.2 Å². The number of alkyl halides is 3. The maximum absolute atomic E-state index is 12.5. The molecule has 0 saturated carbocycles. The number of Topliss-reactive ketones (excluding diaryl/α,β-unsaturated/α-hetero) is 1. The van der Waals surface area contributed by atoms with Gasteiger partial charge in [0.2, 0.25) is 0 Å². The first kappa shape index (κ1) is 20.6. The third-order valence-corrected chi connectivity index (χ3v) is 3.74. The molecule has 27 heavy (non-hydrogen) atoms. The third-order valence-electron chi connectivity index (χ3n) is 3.74. The van der Waals surface area contributed by atoms with Crippen molar-refractivity contribution in [1.82, 2.24) is 15.1 Å². The molecule has 9 heteroatoms. The van der Waals surface area contributed by atoms with Crippen LogP contribution in [-0.4, -0.2) is 46.9 Å². The summed E-state index contributed by atoms with van der Waals surface area (Å²) < 4.78 is 42.3. The minimum absolute atomic E-state index is 0.166. The minimum atomic E-state index is -4.44. The van der Waals surface area contributed by atoms with E-state index in [2.05, 4.69) is 15.2 Å². The summed E-state index contributed by atoms with van der Waals surface area (Å²) >= 11 is 0. The highest BCUT2D eigenvalue weighted by molar-refractivity contribution is 6.43. The van der Waals surface area contributed by atoms with Gasteiger partial charge in [0.1, 0.15) is 6.61 Å². The van der Waals surface area contributed by atoms with Crippen molar-refractivity contribution in [3.05, 3.63) is 47.3 Å². The van der Waals surface area contributed by atoms with E-state index in [1.165, 1.54) is 6.92 Å². The van der Waals surface area contributed by atoms with Crippen LogP contribution < -0.4 is 5.32 Å². The van der Waals surface area contributed by atoms with Crippen LogP contribution in [-0.2, 0) is 9.53 Å². The highest BCUT2D eigenvalue weighted by atomic mass is 19.4. The molecule has 0 radical (unpaired) electrons. The maximum atomic E-state index is 12.5. The standard InChI is InChI=1S/C18H20F3N3O3/c1-11(9-27-10-18(19,20)21)22-17(26)16(25)15-12(2)23-24(13(15)3)14-7-5-4-6-8-14/h4-8,11H,9-10H2,1-3H3,(H,22,26). The van der Waals surface area contributed by atoms with Crippen molar-refractivity contribution < 1.29 is 27.5 Å². The van der Waals surface area contributed by atoms with Crippen LogP contribution in [0.2, 0.25) is 0 Å². The van der Waals surface area contributed by atoms with Crippen LogP contribution in [0.5, 0.6) is 0 Å². The van der Waals surface area contributed by atoms with E-state index in [0.29, 0.717) is 11.4 Å². The number of benzene rings is 1. The molecule has 0 saturated heterocycles. The number of carbonyl (C=O) groups excluding carboxylic acids is 2. The zero-order valence-corrected chi connectivity index (χ0v) is 15.1. The molecule has 0 fully saturated rings. The Labute approximate surface area is 154 Å². The molecule has 1 N–H and O–H groups in total. The summed E-state index contributed by atoms with van der Waals surface area (Å²) in [5.41, 5.74) is 1.79. The number of amides is 1. The van der Waals surface area contributed by atoms with E-state index in [-0.39, 0.29) is 12.2 Å². The summed E-state index contributed by atoms with van der Waals surface area (Å²) in [6, 6.07) is 8.36. The lowest BCUT2D eigenvalue weighted by Crippen LogP contribution is -2.41. The van der Waals surface area contributed by atoms with Crippen molar-refractivity contribution in [3.63, 3.8) is 0 Å². The largest absolute Gasteiger partial charge is 0.411 e. The summed E-state index contributed by atoms with van der Waals surface area (Å²) in [6.45, 7) is 2.96. The molecule has 1 unspecified atom stereocenters. The molecule has 0 spiro atoms. The van der Waals surface area contributed by atoms with Crippen LogP contribution in [0.25, 0.3) is 5.69 Å². The molecule has 2 rings (SSSR count). The van der Waals surface area contributed by atoms with Crippen LogP contribution in [0.3, 0.4) is 0 Å². The lowest BCUT2D eigenvalue weighted by molar-refractivity contribution is -0.175. The number of nitrogens with one attached hydrogen (secondary N) is 1. The zero-order valence-electron chi connectivity index (χ0n) is 15.1. The fraction of sp³-hybridized carbons (Fsp3) is 0.389. The van der Waals surface area contributed by atoms with Gasteiger partial charge < -0.3 is 10.1 Å². The molecule has 1 amide bonds. The molecule has 2 aromatic rings. The highest BCUT2D eigenvalue weighted by Crippen LogP contribution is 2.18. The highest BCUT2D eigenvalue weighted by Gasteiger charge is 2.29. The number of hydrogen-bond donors (Lipinski definition) is 1.